The standard InChI is InChI=1S/C15H11Br2FO3/c1-21-15(20)10-2-8(3-11(16)5-10)14(19)9-4-12(17)7-13(18)6-9/h2-7,14,19H,1H3. The van der Waals surface area contributed by atoms with Crippen molar-refractivity contribution in [2.45, 2.75) is 6.10 Å². The van der Waals surface area contributed by atoms with E-state index in [1.54, 1.807) is 18.2 Å². The molecular formula is C15H11Br2FO3. The van der Waals surface area contributed by atoms with E-state index in [2.05, 4.69) is 36.6 Å². The number of aliphatic hydroxyl groups excluding tert-OH is 1. The summed E-state index contributed by atoms with van der Waals surface area (Å²) in [7, 11) is 1.28. The number of aliphatic hydroxyl groups is 1. The van der Waals surface area contributed by atoms with Gasteiger partial charge in [-0.3, -0.25) is 0 Å². The highest BCUT2D eigenvalue weighted by Crippen LogP contribution is 2.28. The van der Waals surface area contributed by atoms with Gasteiger partial charge in [-0.25, -0.2) is 9.18 Å². The van der Waals surface area contributed by atoms with Gasteiger partial charge in [0, 0.05) is 8.95 Å². The Kier molecular flexibility index (Phi) is 5.13. The lowest BCUT2D eigenvalue weighted by Gasteiger charge is -2.14. The number of halogens is 3. The lowest BCUT2D eigenvalue weighted by molar-refractivity contribution is 0.0600. The van der Waals surface area contributed by atoms with Gasteiger partial charge >= 0.3 is 5.97 Å². The molecule has 0 radical (unpaired) electrons. The lowest BCUT2D eigenvalue weighted by Crippen LogP contribution is -2.05. The molecule has 0 fully saturated rings. The highest BCUT2D eigenvalue weighted by Gasteiger charge is 2.16. The zero-order chi connectivity index (χ0) is 15.6. The number of hydrogen-bond donors (Lipinski definition) is 1. The van der Waals surface area contributed by atoms with E-state index in [-0.39, 0.29) is 0 Å². The van der Waals surface area contributed by atoms with Crippen molar-refractivity contribution in [1.82, 2.24) is 0 Å². The van der Waals surface area contributed by atoms with Gasteiger partial charge in [0.05, 0.1) is 12.7 Å². The second-order valence-electron chi connectivity index (χ2n) is 4.37. The monoisotopic (exact) mass is 416 g/mol. The Labute approximate surface area is 138 Å². The summed E-state index contributed by atoms with van der Waals surface area (Å²) in [6.07, 6.45) is -1.06. The van der Waals surface area contributed by atoms with Crippen LogP contribution >= 0.6 is 31.9 Å². The first-order valence-electron chi connectivity index (χ1n) is 5.93. The van der Waals surface area contributed by atoms with Gasteiger partial charge in [0.25, 0.3) is 0 Å². The van der Waals surface area contributed by atoms with Crippen LogP contribution in [0.1, 0.15) is 27.6 Å². The molecule has 2 aromatic rings. The summed E-state index contributed by atoms with van der Waals surface area (Å²) < 4.78 is 19.2. The molecule has 1 atom stereocenters. The van der Waals surface area contributed by atoms with Crippen LogP contribution in [0.4, 0.5) is 4.39 Å². The van der Waals surface area contributed by atoms with Crippen LogP contribution in [0.15, 0.2) is 45.3 Å². The first kappa shape index (κ1) is 16.1. The maximum atomic E-state index is 13.4. The van der Waals surface area contributed by atoms with Crippen LogP contribution in [0.5, 0.6) is 0 Å². The highest BCUT2D eigenvalue weighted by atomic mass is 79.9. The van der Waals surface area contributed by atoms with E-state index in [9.17, 15) is 14.3 Å². The van der Waals surface area contributed by atoms with Crippen LogP contribution in [0.2, 0.25) is 0 Å². The van der Waals surface area contributed by atoms with Crippen molar-refractivity contribution in [2.24, 2.45) is 0 Å². The highest BCUT2D eigenvalue weighted by molar-refractivity contribution is 9.10. The summed E-state index contributed by atoms with van der Waals surface area (Å²) in [4.78, 5) is 11.6. The van der Waals surface area contributed by atoms with Crippen molar-refractivity contribution in [3.05, 3.63) is 67.9 Å². The molecule has 0 aromatic heterocycles. The molecule has 1 unspecified atom stereocenters. The number of hydrogen-bond acceptors (Lipinski definition) is 3. The molecule has 21 heavy (non-hydrogen) atoms. The number of carbonyl (C=O) groups excluding carboxylic acids is 1. The van der Waals surface area contributed by atoms with Gasteiger partial charge in [0.15, 0.2) is 0 Å². The molecule has 0 bridgehead atoms. The third-order valence-corrected chi connectivity index (χ3v) is 3.77. The number of carbonyl (C=O) groups is 1. The van der Waals surface area contributed by atoms with Crippen molar-refractivity contribution < 1.29 is 19.0 Å². The predicted octanol–water partition coefficient (Wildman–Crippen LogP) is 4.22. The fourth-order valence-electron chi connectivity index (χ4n) is 1.93. The van der Waals surface area contributed by atoms with Crippen LogP contribution < -0.4 is 0 Å². The smallest absolute Gasteiger partial charge is 0.337 e. The van der Waals surface area contributed by atoms with Gasteiger partial charge in [0.2, 0.25) is 0 Å². The quantitative estimate of drug-likeness (QED) is 0.760. The second kappa shape index (κ2) is 6.68. The maximum absolute atomic E-state index is 13.4. The van der Waals surface area contributed by atoms with E-state index in [1.165, 1.54) is 25.3 Å². The molecule has 2 aromatic carbocycles. The number of ether oxygens (including phenoxy) is 1. The first-order chi connectivity index (χ1) is 9.90. The summed E-state index contributed by atoms with van der Waals surface area (Å²) in [6, 6.07) is 8.93. The average Bonchev–Trinajstić information content (AvgIpc) is 2.43. The fourth-order valence-corrected chi connectivity index (χ4v) is 2.93. The molecule has 0 aliphatic rings. The second-order valence-corrected chi connectivity index (χ2v) is 6.20. The summed E-state index contributed by atoms with van der Waals surface area (Å²) in [5.74, 6) is -0.966. The van der Waals surface area contributed by atoms with Gasteiger partial charge in [-0.2, -0.15) is 0 Å². The molecule has 0 spiro atoms. The van der Waals surface area contributed by atoms with Crippen molar-refractivity contribution in [1.29, 1.82) is 0 Å². The van der Waals surface area contributed by atoms with E-state index in [1.807, 2.05) is 0 Å². The molecule has 0 heterocycles. The van der Waals surface area contributed by atoms with Crippen molar-refractivity contribution >= 4 is 37.8 Å². The Balaban J connectivity index is 2.45. The van der Waals surface area contributed by atoms with E-state index >= 15 is 0 Å². The van der Waals surface area contributed by atoms with Crippen molar-refractivity contribution in [3.63, 3.8) is 0 Å². The van der Waals surface area contributed by atoms with Crippen molar-refractivity contribution in [3.8, 4) is 0 Å². The summed E-state index contributed by atoms with van der Waals surface area (Å²) in [6.45, 7) is 0. The third-order valence-electron chi connectivity index (χ3n) is 2.86. The van der Waals surface area contributed by atoms with Crippen LogP contribution in [0.3, 0.4) is 0 Å². The Hall–Kier alpha value is -1.24. The minimum absolute atomic E-state index is 0.302. The number of rotatable bonds is 3. The van der Waals surface area contributed by atoms with E-state index in [0.717, 1.165) is 0 Å². The summed E-state index contributed by atoms with van der Waals surface area (Å²) in [5.41, 5.74) is 1.15. The Morgan fingerprint density at radius 1 is 1.10 bits per heavy atom. The van der Waals surface area contributed by atoms with Gasteiger partial charge < -0.3 is 9.84 Å². The van der Waals surface area contributed by atoms with Gasteiger partial charge in [-0.15, -0.1) is 0 Å². The Morgan fingerprint density at radius 3 is 2.24 bits per heavy atom. The molecule has 6 heteroatoms. The fraction of sp³-hybridized carbons (Fsp3) is 0.133. The molecule has 0 amide bonds. The molecule has 110 valence electrons. The van der Waals surface area contributed by atoms with Gasteiger partial charge in [-0.05, 0) is 47.5 Å². The summed E-state index contributed by atoms with van der Waals surface area (Å²) >= 11 is 6.46. The molecule has 0 saturated heterocycles. The molecule has 1 N–H and O–H groups in total. The average molecular weight is 418 g/mol. The number of esters is 1. The largest absolute Gasteiger partial charge is 0.465 e. The Morgan fingerprint density at radius 2 is 1.67 bits per heavy atom. The van der Waals surface area contributed by atoms with Crippen LogP contribution in [0.25, 0.3) is 0 Å². The van der Waals surface area contributed by atoms with E-state index in [0.29, 0.717) is 25.6 Å². The van der Waals surface area contributed by atoms with Crippen LogP contribution in [-0.2, 0) is 4.74 Å². The SMILES string of the molecule is COC(=O)c1cc(Br)cc(C(O)c2cc(F)cc(Br)c2)c1. The number of methoxy groups -OCH3 is 1. The van der Waals surface area contributed by atoms with Crippen molar-refractivity contribution in [2.75, 3.05) is 7.11 Å². The van der Waals surface area contributed by atoms with Gasteiger partial charge in [-0.1, -0.05) is 31.9 Å². The molecule has 0 saturated carbocycles. The third kappa shape index (κ3) is 3.90. The zero-order valence-corrected chi connectivity index (χ0v) is 14.1. The molecule has 3 nitrogen and oxygen atoms in total. The predicted molar refractivity (Wildman–Crippen MR) is 83.6 cm³/mol. The molecule has 0 aliphatic heterocycles. The summed E-state index contributed by atoms with van der Waals surface area (Å²) in [5, 5.41) is 10.4. The van der Waals surface area contributed by atoms with Gasteiger partial charge in [0.1, 0.15) is 11.9 Å². The zero-order valence-electron chi connectivity index (χ0n) is 10.9. The van der Waals surface area contributed by atoms with Crippen LogP contribution in [-0.4, -0.2) is 18.2 Å². The minimum atomic E-state index is -1.06. The van der Waals surface area contributed by atoms with E-state index < -0.39 is 17.9 Å². The lowest BCUT2D eigenvalue weighted by atomic mass is 9.99. The molecular weight excluding hydrogens is 407 g/mol. The van der Waals surface area contributed by atoms with Crippen LogP contribution in [0, 0.1) is 5.82 Å². The number of benzene rings is 2. The molecule has 0 aliphatic carbocycles. The minimum Gasteiger partial charge on any atom is -0.465 e. The molecule has 2 rings (SSSR count). The Bertz CT molecular complexity index is 668. The van der Waals surface area contributed by atoms with E-state index in [4.69, 9.17) is 0 Å². The topological polar surface area (TPSA) is 46.5 Å². The first-order valence-corrected chi connectivity index (χ1v) is 7.52. The normalized spacial score (nSPS) is 12.0. The maximum Gasteiger partial charge on any atom is 0.337 e.